The minimum atomic E-state index is -0.728. The molecule has 1 heterocycles. The molecule has 38 heavy (non-hydrogen) atoms. The second kappa shape index (κ2) is 11.0. The molecule has 5 rings (SSSR count). The Hall–Kier alpha value is -4.90. The predicted octanol–water partition coefficient (Wildman–Crippen LogP) is 6.75. The topological polar surface area (TPSA) is 55.8 Å². The summed E-state index contributed by atoms with van der Waals surface area (Å²) in [6, 6.07) is 36.3. The Balaban J connectivity index is 1.86. The third-order valence-electron chi connectivity index (χ3n) is 6.19. The van der Waals surface area contributed by atoms with E-state index in [1.54, 1.807) is 6.92 Å². The lowest BCUT2D eigenvalue weighted by atomic mass is 9.96. The van der Waals surface area contributed by atoms with Crippen molar-refractivity contribution in [3.05, 3.63) is 149 Å². The van der Waals surface area contributed by atoms with Crippen molar-refractivity contribution < 1.29 is 19.1 Å². The molecule has 0 fully saturated rings. The third-order valence-corrected chi connectivity index (χ3v) is 6.19. The van der Waals surface area contributed by atoms with Gasteiger partial charge in [0.15, 0.2) is 11.3 Å². The van der Waals surface area contributed by atoms with Crippen LogP contribution in [0.2, 0.25) is 0 Å². The van der Waals surface area contributed by atoms with E-state index in [0.717, 1.165) is 22.3 Å². The highest BCUT2D eigenvalue weighted by Crippen LogP contribution is 2.40. The van der Waals surface area contributed by atoms with Crippen LogP contribution < -0.4 is 4.90 Å². The van der Waals surface area contributed by atoms with Crippen molar-refractivity contribution in [3.63, 3.8) is 0 Å². The predicted molar refractivity (Wildman–Crippen MR) is 149 cm³/mol. The van der Waals surface area contributed by atoms with Crippen LogP contribution in [0.3, 0.4) is 0 Å². The van der Waals surface area contributed by atoms with Crippen molar-refractivity contribution in [1.82, 2.24) is 0 Å². The summed E-state index contributed by atoms with van der Waals surface area (Å²) in [5.74, 6) is -0.773. The number of hydrogen-bond donors (Lipinski definition) is 0. The molecule has 0 unspecified atom stereocenters. The zero-order valence-corrected chi connectivity index (χ0v) is 21.3. The maximum absolute atomic E-state index is 14.3. The van der Waals surface area contributed by atoms with Gasteiger partial charge in [-0.3, -0.25) is 4.79 Å². The number of nitrogens with zero attached hydrogens (tertiary/aromatic N) is 1. The molecule has 1 aliphatic heterocycles. The van der Waals surface area contributed by atoms with Crippen molar-refractivity contribution in [2.24, 2.45) is 0 Å². The number of aryl methyl sites for hydroxylation is 1. The van der Waals surface area contributed by atoms with Gasteiger partial charge in [0.25, 0.3) is 5.91 Å². The molecule has 0 radical (unpaired) electrons. The average molecular weight is 502 g/mol. The Morgan fingerprint density at radius 3 is 1.82 bits per heavy atom. The monoisotopic (exact) mass is 501 g/mol. The van der Waals surface area contributed by atoms with E-state index in [2.05, 4.69) is 0 Å². The quantitative estimate of drug-likeness (QED) is 0.217. The smallest absolute Gasteiger partial charge is 0.347 e. The highest BCUT2D eigenvalue weighted by Gasteiger charge is 2.40. The normalized spacial score (nSPS) is 13.3. The Kier molecular flexibility index (Phi) is 7.18. The summed E-state index contributed by atoms with van der Waals surface area (Å²) in [6.07, 6.45) is 0. The molecule has 0 saturated heterocycles. The summed E-state index contributed by atoms with van der Waals surface area (Å²) in [6.45, 7) is 3.82. The van der Waals surface area contributed by atoms with Crippen LogP contribution in [0.4, 0.5) is 5.69 Å². The van der Waals surface area contributed by atoms with Crippen LogP contribution in [0.25, 0.3) is 11.3 Å². The first-order valence-electron chi connectivity index (χ1n) is 12.5. The maximum Gasteiger partial charge on any atom is 0.347 e. The van der Waals surface area contributed by atoms with E-state index in [4.69, 9.17) is 9.47 Å². The number of rotatable bonds is 6. The van der Waals surface area contributed by atoms with E-state index < -0.39 is 11.9 Å². The molecule has 0 aliphatic carbocycles. The van der Waals surface area contributed by atoms with Crippen molar-refractivity contribution in [3.8, 4) is 0 Å². The average Bonchev–Trinajstić information content (AvgIpc) is 2.95. The van der Waals surface area contributed by atoms with Gasteiger partial charge in [-0.25, -0.2) is 9.69 Å². The van der Waals surface area contributed by atoms with Gasteiger partial charge in [0, 0.05) is 5.56 Å². The van der Waals surface area contributed by atoms with Gasteiger partial charge in [-0.05, 0) is 37.1 Å². The largest absolute Gasteiger partial charge is 0.462 e. The molecule has 4 aromatic carbocycles. The number of amides is 1. The fourth-order valence-electron chi connectivity index (χ4n) is 4.38. The van der Waals surface area contributed by atoms with Crippen LogP contribution >= 0.6 is 0 Å². The fraction of sp³-hybridized carbons (Fsp3) is 0.0909. The summed E-state index contributed by atoms with van der Waals surface area (Å²) < 4.78 is 12.0. The Morgan fingerprint density at radius 1 is 0.763 bits per heavy atom. The van der Waals surface area contributed by atoms with Crippen molar-refractivity contribution in [2.45, 2.75) is 13.8 Å². The van der Waals surface area contributed by atoms with E-state index in [1.165, 1.54) is 4.90 Å². The summed E-state index contributed by atoms with van der Waals surface area (Å²) in [4.78, 5) is 29.0. The van der Waals surface area contributed by atoms with Crippen LogP contribution in [-0.2, 0) is 19.1 Å². The van der Waals surface area contributed by atoms with Gasteiger partial charge in [-0.15, -0.1) is 0 Å². The lowest BCUT2D eigenvalue weighted by Gasteiger charge is -2.34. The number of ether oxygens (including phenoxy) is 2. The van der Waals surface area contributed by atoms with Gasteiger partial charge in [0.2, 0.25) is 5.88 Å². The van der Waals surface area contributed by atoms with Crippen LogP contribution in [0.15, 0.2) is 127 Å². The van der Waals surface area contributed by atoms with E-state index in [0.29, 0.717) is 17.1 Å². The molecule has 0 atom stereocenters. The van der Waals surface area contributed by atoms with Gasteiger partial charge in [0.1, 0.15) is 0 Å². The third kappa shape index (κ3) is 4.87. The Bertz CT molecular complexity index is 1460. The number of carbonyl (C=O) groups is 2. The molecular weight excluding hydrogens is 474 g/mol. The molecule has 0 aromatic heterocycles. The maximum atomic E-state index is 14.3. The lowest BCUT2D eigenvalue weighted by molar-refractivity contribution is -0.140. The van der Waals surface area contributed by atoms with Gasteiger partial charge in [0.05, 0.1) is 17.9 Å². The summed E-state index contributed by atoms with van der Waals surface area (Å²) in [5, 5.41) is 0. The Labute approximate surface area is 222 Å². The lowest BCUT2D eigenvalue weighted by Crippen LogP contribution is -2.40. The second-order valence-corrected chi connectivity index (χ2v) is 8.78. The molecule has 1 amide bonds. The van der Waals surface area contributed by atoms with Crippen LogP contribution in [0.5, 0.6) is 0 Å². The molecule has 0 spiro atoms. The second-order valence-electron chi connectivity index (χ2n) is 8.78. The summed E-state index contributed by atoms with van der Waals surface area (Å²) in [5.41, 5.74) is 4.52. The van der Waals surface area contributed by atoms with Crippen molar-refractivity contribution >= 4 is 28.9 Å². The minimum absolute atomic E-state index is 0.129. The minimum Gasteiger partial charge on any atom is -0.462 e. The number of anilines is 1. The molecular formula is C33H27NO4. The molecule has 0 N–H and O–H groups in total. The standard InChI is InChI=1S/C33H27NO4/c1-3-37-33(36)29-30(26-17-11-6-12-18-26)38-32(34(31(29)35)27-21-19-23(2)20-22-27)28(24-13-7-4-8-14-24)25-15-9-5-10-16-25/h4-22H,3H2,1-2H3. The number of esters is 1. The van der Waals surface area contributed by atoms with E-state index >= 15 is 0 Å². The molecule has 5 nitrogen and oxygen atoms in total. The zero-order valence-electron chi connectivity index (χ0n) is 21.3. The Morgan fingerprint density at radius 2 is 1.29 bits per heavy atom. The highest BCUT2D eigenvalue weighted by molar-refractivity contribution is 6.28. The van der Waals surface area contributed by atoms with Gasteiger partial charge in [-0.2, -0.15) is 0 Å². The van der Waals surface area contributed by atoms with E-state index in [9.17, 15) is 9.59 Å². The summed E-state index contributed by atoms with van der Waals surface area (Å²) >= 11 is 0. The first kappa shape index (κ1) is 24.8. The van der Waals surface area contributed by atoms with Crippen molar-refractivity contribution in [1.29, 1.82) is 0 Å². The van der Waals surface area contributed by atoms with Crippen molar-refractivity contribution in [2.75, 3.05) is 11.5 Å². The SMILES string of the molecule is CCOC(=O)C1=C(c2ccccc2)OC(=C(c2ccccc2)c2ccccc2)N(c2ccc(C)cc2)C1=O. The molecule has 0 saturated carbocycles. The number of benzene rings is 4. The van der Waals surface area contributed by atoms with E-state index in [-0.39, 0.29) is 17.9 Å². The molecule has 4 aromatic rings. The molecule has 0 bridgehead atoms. The number of hydrogen-bond acceptors (Lipinski definition) is 4. The number of carbonyl (C=O) groups excluding carboxylic acids is 2. The van der Waals surface area contributed by atoms with E-state index in [1.807, 2.05) is 122 Å². The summed E-state index contributed by atoms with van der Waals surface area (Å²) in [7, 11) is 0. The van der Waals surface area contributed by atoms with Crippen LogP contribution in [0, 0.1) is 6.92 Å². The molecule has 188 valence electrons. The highest BCUT2D eigenvalue weighted by atomic mass is 16.5. The molecule has 1 aliphatic rings. The first-order chi connectivity index (χ1) is 18.6. The van der Waals surface area contributed by atoms with Crippen LogP contribution in [0.1, 0.15) is 29.2 Å². The van der Waals surface area contributed by atoms with Gasteiger partial charge < -0.3 is 9.47 Å². The first-order valence-corrected chi connectivity index (χ1v) is 12.5. The van der Waals surface area contributed by atoms with Crippen LogP contribution in [-0.4, -0.2) is 18.5 Å². The zero-order chi connectivity index (χ0) is 26.5. The molecule has 5 heteroatoms. The van der Waals surface area contributed by atoms with Gasteiger partial charge in [-0.1, -0.05) is 109 Å². The fourth-order valence-corrected chi connectivity index (χ4v) is 4.38. The van der Waals surface area contributed by atoms with Gasteiger partial charge >= 0.3 is 5.97 Å².